The average molecular weight is 425 g/mol. The number of phenols is 2. The maximum atomic E-state index is 13.1. The maximum absolute atomic E-state index is 13.1. The lowest BCUT2D eigenvalue weighted by Gasteiger charge is -2.38. The van der Waals surface area contributed by atoms with Crippen LogP contribution in [0, 0.1) is 23.7 Å². The van der Waals surface area contributed by atoms with Crippen LogP contribution in [-0.2, 0) is 0 Å². The summed E-state index contributed by atoms with van der Waals surface area (Å²) in [4.78, 5) is 25.7. The molecule has 31 heavy (non-hydrogen) atoms. The summed E-state index contributed by atoms with van der Waals surface area (Å²) in [6, 6.07) is 2.56. The number of allylic oxidation sites excluding steroid dienone is 2. The van der Waals surface area contributed by atoms with Gasteiger partial charge < -0.3 is 10.2 Å². The largest absolute Gasteiger partial charge is 0.507 e. The Morgan fingerprint density at radius 1 is 0.806 bits per heavy atom. The molecule has 0 spiro atoms. The SMILES string of the molecule is CCCCC[C@H]1CC[C@H](C2CCC(C3=CC(=O)c4c(O)ccc(O)c4C3=O)CC2)CC1. The zero-order valence-electron chi connectivity index (χ0n) is 18.7. The molecule has 2 fully saturated rings. The monoisotopic (exact) mass is 424 g/mol. The van der Waals surface area contributed by atoms with Gasteiger partial charge in [-0.2, -0.15) is 0 Å². The average Bonchev–Trinajstić information content (AvgIpc) is 2.78. The summed E-state index contributed by atoms with van der Waals surface area (Å²) in [7, 11) is 0. The second-order valence-corrected chi connectivity index (χ2v) is 10.0. The minimum absolute atomic E-state index is 0.0222. The third-order valence-corrected chi connectivity index (χ3v) is 8.17. The number of unbranched alkanes of at least 4 members (excludes halogenated alkanes) is 2. The number of rotatable bonds is 6. The highest BCUT2D eigenvalue weighted by molar-refractivity contribution is 6.26. The Bertz CT molecular complexity index is 852. The molecular formula is C27H36O4. The molecule has 0 bridgehead atoms. The molecule has 1 aromatic carbocycles. The van der Waals surface area contributed by atoms with Crippen molar-refractivity contribution >= 4 is 11.6 Å². The van der Waals surface area contributed by atoms with Crippen LogP contribution in [0.1, 0.15) is 105 Å². The molecule has 4 nitrogen and oxygen atoms in total. The van der Waals surface area contributed by atoms with Crippen LogP contribution in [0.5, 0.6) is 11.5 Å². The van der Waals surface area contributed by atoms with Crippen LogP contribution in [0.2, 0.25) is 0 Å². The van der Waals surface area contributed by atoms with Crippen molar-refractivity contribution in [3.63, 3.8) is 0 Å². The second-order valence-electron chi connectivity index (χ2n) is 10.0. The lowest BCUT2D eigenvalue weighted by molar-refractivity contribution is 0.0955. The highest BCUT2D eigenvalue weighted by Gasteiger charge is 2.37. The molecule has 0 unspecified atom stereocenters. The van der Waals surface area contributed by atoms with Gasteiger partial charge in [-0.1, -0.05) is 45.4 Å². The van der Waals surface area contributed by atoms with Gasteiger partial charge >= 0.3 is 0 Å². The molecule has 0 amide bonds. The van der Waals surface area contributed by atoms with E-state index >= 15 is 0 Å². The van der Waals surface area contributed by atoms with Crippen LogP contribution in [0.25, 0.3) is 0 Å². The molecule has 2 N–H and O–H groups in total. The summed E-state index contributed by atoms with van der Waals surface area (Å²) < 4.78 is 0. The van der Waals surface area contributed by atoms with Gasteiger partial charge in [-0.3, -0.25) is 9.59 Å². The first-order valence-electron chi connectivity index (χ1n) is 12.3. The van der Waals surface area contributed by atoms with Crippen molar-refractivity contribution < 1.29 is 19.8 Å². The number of aromatic hydroxyl groups is 2. The van der Waals surface area contributed by atoms with E-state index in [9.17, 15) is 19.8 Å². The van der Waals surface area contributed by atoms with Crippen molar-refractivity contribution in [3.05, 3.63) is 34.9 Å². The molecule has 4 rings (SSSR count). The molecule has 2 saturated carbocycles. The first-order valence-corrected chi connectivity index (χ1v) is 12.3. The number of carbonyl (C=O) groups is 2. The fourth-order valence-corrected chi connectivity index (χ4v) is 6.32. The summed E-state index contributed by atoms with van der Waals surface area (Å²) in [5, 5.41) is 20.2. The van der Waals surface area contributed by atoms with Gasteiger partial charge in [-0.15, -0.1) is 0 Å². The van der Waals surface area contributed by atoms with E-state index in [-0.39, 0.29) is 40.1 Å². The quantitative estimate of drug-likeness (QED) is 0.399. The number of carbonyl (C=O) groups excluding carboxylic acids is 2. The van der Waals surface area contributed by atoms with Crippen molar-refractivity contribution in [3.8, 4) is 11.5 Å². The molecule has 0 radical (unpaired) electrons. The van der Waals surface area contributed by atoms with Crippen LogP contribution < -0.4 is 0 Å². The highest BCUT2D eigenvalue weighted by atomic mass is 16.3. The molecule has 168 valence electrons. The molecule has 0 atom stereocenters. The zero-order chi connectivity index (χ0) is 22.0. The normalized spacial score (nSPS) is 28.9. The van der Waals surface area contributed by atoms with Crippen molar-refractivity contribution in [2.24, 2.45) is 23.7 Å². The summed E-state index contributed by atoms with van der Waals surface area (Å²) >= 11 is 0. The van der Waals surface area contributed by atoms with E-state index in [1.807, 2.05) is 0 Å². The smallest absolute Gasteiger partial charge is 0.194 e. The summed E-state index contributed by atoms with van der Waals surface area (Å²) in [6.07, 6.45) is 16.4. The number of fused-ring (bicyclic) bond motifs is 1. The topological polar surface area (TPSA) is 74.6 Å². The van der Waals surface area contributed by atoms with E-state index < -0.39 is 0 Å². The Hall–Kier alpha value is -2.10. The van der Waals surface area contributed by atoms with E-state index in [0.717, 1.165) is 43.4 Å². The fraction of sp³-hybridized carbons (Fsp3) is 0.630. The minimum atomic E-state index is -0.374. The molecule has 0 saturated heterocycles. The van der Waals surface area contributed by atoms with E-state index in [4.69, 9.17) is 0 Å². The van der Waals surface area contributed by atoms with Crippen molar-refractivity contribution in [2.75, 3.05) is 0 Å². The van der Waals surface area contributed by atoms with Crippen LogP contribution in [0.3, 0.4) is 0 Å². The second kappa shape index (κ2) is 9.58. The van der Waals surface area contributed by atoms with Gasteiger partial charge in [0.2, 0.25) is 0 Å². The van der Waals surface area contributed by atoms with Gasteiger partial charge in [0.15, 0.2) is 11.6 Å². The lowest BCUT2D eigenvalue weighted by atomic mass is 9.67. The van der Waals surface area contributed by atoms with Crippen LogP contribution in [0.15, 0.2) is 23.8 Å². The fourth-order valence-electron chi connectivity index (χ4n) is 6.32. The Morgan fingerprint density at radius 3 is 2.00 bits per heavy atom. The molecule has 3 aliphatic rings. The van der Waals surface area contributed by atoms with Gasteiger partial charge in [0.1, 0.15) is 11.5 Å². The Balaban J connectivity index is 1.34. The van der Waals surface area contributed by atoms with Gasteiger partial charge in [-0.25, -0.2) is 0 Å². The Morgan fingerprint density at radius 2 is 1.39 bits per heavy atom. The minimum Gasteiger partial charge on any atom is -0.507 e. The molecule has 0 aliphatic heterocycles. The summed E-state index contributed by atoms with van der Waals surface area (Å²) in [5.41, 5.74) is 0.445. The molecule has 4 heteroatoms. The predicted octanol–water partition coefficient (Wildman–Crippen LogP) is 6.60. The Kier molecular flexibility index (Phi) is 6.83. The van der Waals surface area contributed by atoms with Crippen LogP contribution in [0.4, 0.5) is 0 Å². The van der Waals surface area contributed by atoms with Crippen LogP contribution in [-0.4, -0.2) is 21.8 Å². The van der Waals surface area contributed by atoms with E-state index in [1.165, 1.54) is 69.6 Å². The molecule has 0 aromatic heterocycles. The third kappa shape index (κ3) is 4.58. The van der Waals surface area contributed by atoms with Gasteiger partial charge in [0, 0.05) is 5.57 Å². The van der Waals surface area contributed by atoms with Gasteiger partial charge in [-0.05, 0) is 80.4 Å². The molecule has 3 aliphatic carbocycles. The summed E-state index contributed by atoms with van der Waals surface area (Å²) in [6.45, 7) is 2.27. The van der Waals surface area contributed by atoms with E-state index in [1.54, 1.807) is 0 Å². The number of Topliss-reactive ketones (excluding diaryl/α,β-unsaturated/α-hetero) is 1. The third-order valence-electron chi connectivity index (χ3n) is 8.17. The van der Waals surface area contributed by atoms with Crippen molar-refractivity contribution in [1.82, 2.24) is 0 Å². The Labute approximate surface area is 185 Å². The highest BCUT2D eigenvalue weighted by Crippen LogP contribution is 2.45. The number of hydrogen-bond donors (Lipinski definition) is 2. The van der Waals surface area contributed by atoms with Crippen molar-refractivity contribution in [2.45, 2.75) is 84.0 Å². The number of phenolic OH excluding ortho intramolecular Hbond substituents is 2. The maximum Gasteiger partial charge on any atom is 0.194 e. The zero-order valence-corrected chi connectivity index (χ0v) is 18.7. The number of hydrogen-bond acceptors (Lipinski definition) is 4. The standard InChI is InChI=1S/C27H36O4/c1-2-3-4-5-17-6-8-18(9-7-17)19-10-12-20(13-11-19)21-16-24(30)25-22(28)14-15-23(29)26(25)27(21)31/h14-20,28-29H,2-13H2,1H3/t17-,18-,19?,20?. The van der Waals surface area contributed by atoms with Gasteiger partial charge in [0.05, 0.1) is 11.1 Å². The first-order chi connectivity index (χ1) is 15.0. The first kappa shape index (κ1) is 22.1. The van der Waals surface area contributed by atoms with Crippen molar-refractivity contribution in [1.29, 1.82) is 0 Å². The molecular weight excluding hydrogens is 388 g/mol. The van der Waals surface area contributed by atoms with Crippen LogP contribution >= 0.6 is 0 Å². The van der Waals surface area contributed by atoms with E-state index in [2.05, 4.69) is 6.92 Å². The number of ketones is 2. The molecule has 0 heterocycles. The number of benzene rings is 1. The lowest BCUT2D eigenvalue weighted by Crippen LogP contribution is -2.29. The molecule has 1 aromatic rings. The predicted molar refractivity (Wildman–Crippen MR) is 122 cm³/mol. The van der Waals surface area contributed by atoms with E-state index in [0.29, 0.717) is 5.57 Å². The van der Waals surface area contributed by atoms with Gasteiger partial charge in [0.25, 0.3) is 0 Å². The summed E-state index contributed by atoms with van der Waals surface area (Å²) in [5.74, 6) is 1.44.